The van der Waals surface area contributed by atoms with E-state index in [0.29, 0.717) is 23.6 Å². The molecule has 2 fully saturated rings. The maximum atomic E-state index is 12.6. The summed E-state index contributed by atoms with van der Waals surface area (Å²) in [6.45, 7) is 9.73. The van der Waals surface area contributed by atoms with Crippen molar-refractivity contribution in [3.05, 3.63) is 18.2 Å². The third-order valence-electron chi connectivity index (χ3n) is 5.37. The SMILES string of the molecule is CC(C)n1ccnc1C1CCCN(C(=O)CSCCN2CCCC2)C1. The van der Waals surface area contributed by atoms with Gasteiger partial charge in [0.1, 0.15) is 5.82 Å². The number of carbonyl (C=O) groups is 1. The maximum absolute atomic E-state index is 12.6. The summed E-state index contributed by atoms with van der Waals surface area (Å²) in [7, 11) is 0. The highest BCUT2D eigenvalue weighted by Gasteiger charge is 2.27. The minimum atomic E-state index is 0.304. The Balaban J connectivity index is 1.45. The zero-order valence-corrected chi connectivity index (χ0v) is 16.5. The van der Waals surface area contributed by atoms with E-state index < -0.39 is 0 Å². The molecule has 0 N–H and O–H groups in total. The summed E-state index contributed by atoms with van der Waals surface area (Å²) in [6, 6.07) is 0.421. The third kappa shape index (κ3) is 5.00. The van der Waals surface area contributed by atoms with E-state index in [9.17, 15) is 4.79 Å². The molecule has 6 heteroatoms. The van der Waals surface area contributed by atoms with E-state index >= 15 is 0 Å². The van der Waals surface area contributed by atoms with Gasteiger partial charge < -0.3 is 14.4 Å². The van der Waals surface area contributed by atoms with Crippen LogP contribution in [0.5, 0.6) is 0 Å². The topological polar surface area (TPSA) is 41.4 Å². The van der Waals surface area contributed by atoms with E-state index in [-0.39, 0.29) is 0 Å². The molecule has 2 aliphatic rings. The van der Waals surface area contributed by atoms with Crippen molar-refractivity contribution >= 4 is 17.7 Å². The molecule has 3 heterocycles. The van der Waals surface area contributed by atoms with Gasteiger partial charge in [0.2, 0.25) is 5.91 Å². The fraction of sp³-hybridized carbons (Fsp3) is 0.789. The van der Waals surface area contributed by atoms with Crippen LogP contribution in [0.3, 0.4) is 0 Å². The van der Waals surface area contributed by atoms with Crippen molar-refractivity contribution in [2.45, 2.75) is 51.5 Å². The van der Waals surface area contributed by atoms with E-state index in [2.05, 4.69) is 39.4 Å². The van der Waals surface area contributed by atoms with E-state index in [0.717, 1.165) is 44.1 Å². The Morgan fingerprint density at radius 2 is 2.08 bits per heavy atom. The summed E-state index contributed by atoms with van der Waals surface area (Å²) in [4.78, 5) is 21.8. The van der Waals surface area contributed by atoms with Gasteiger partial charge in [0, 0.05) is 49.7 Å². The molecule has 2 aliphatic heterocycles. The molecule has 25 heavy (non-hydrogen) atoms. The number of piperidine rings is 1. The molecule has 3 rings (SSSR count). The first-order valence-electron chi connectivity index (χ1n) is 9.75. The smallest absolute Gasteiger partial charge is 0.232 e. The van der Waals surface area contributed by atoms with Gasteiger partial charge >= 0.3 is 0 Å². The van der Waals surface area contributed by atoms with Crippen molar-refractivity contribution in [1.82, 2.24) is 19.4 Å². The lowest BCUT2D eigenvalue weighted by Crippen LogP contribution is -2.41. The highest BCUT2D eigenvalue weighted by atomic mass is 32.2. The zero-order valence-electron chi connectivity index (χ0n) is 15.7. The van der Waals surface area contributed by atoms with Gasteiger partial charge in [0.15, 0.2) is 0 Å². The van der Waals surface area contributed by atoms with Crippen LogP contribution in [0, 0.1) is 0 Å². The maximum Gasteiger partial charge on any atom is 0.232 e. The Bertz CT molecular complexity index is 553. The van der Waals surface area contributed by atoms with Gasteiger partial charge in [-0.2, -0.15) is 11.8 Å². The number of amides is 1. The summed E-state index contributed by atoms with van der Waals surface area (Å²) in [5.74, 6) is 3.53. The van der Waals surface area contributed by atoms with Crippen molar-refractivity contribution in [2.24, 2.45) is 0 Å². The van der Waals surface area contributed by atoms with Crippen molar-refractivity contribution in [1.29, 1.82) is 0 Å². The molecule has 0 bridgehead atoms. The molecule has 1 amide bonds. The van der Waals surface area contributed by atoms with Gasteiger partial charge in [-0.15, -0.1) is 0 Å². The minimum absolute atomic E-state index is 0.304. The number of imidazole rings is 1. The van der Waals surface area contributed by atoms with Crippen LogP contribution < -0.4 is 0 Å². The molecule has 0 radical (unpaired) electrons. The largest absolute Gasteiger partial charge is 0.341 e. The number of aromatic nitrogens is 2. The van der Waals surface area contributed by atoms with Crippen LogP contribution in [0.2, 0.25) is 0 Å². The lowest BCUT2D eigenvalue weighted by molar-refractivity contribution is -0.129. The average Bonchev–Trinajstić information content (AvgIpc) is 3.30. The molecule has 1 aromatic rings. The molecule has 1 aromatic heterocycles. The Hall–Kier alpha value is -1.01. The number of carbonyl (C=O) groups excluding carboxylic acids is 1. The van der Waals surface area contributed by atoms with Crippen molar-refractivity contribution in [3.8, 4) is 0 Å². The van der Waals surface area contributed by atoms with Crippen LogP contribution in [-0.2, 0) is 4.79 Å². The molecule has 1 unspecified atom stereocenters. The summed E-state index contributed by atoms with van der Waals surface area (Å²) in [5.41, 5.74) is 0. The van der Waals surface area contributed by atoms with Crippen LogP contribution in [-0.4, -0.2) is 69.5 Å². The fourth-order valence-electron chi connectivity index (χ4n) is 3.94. The molecule has 0 spiro atoms. The number of rotatable bonds is 7. The predicted molar refractivity (Wildman–Crippen MR) is 104 cm³/mol. The molecular weight excluding hydrogens is 332 g/mol. The molecule has 0 aromatic carbocycles. The second-order valence-corrected chi connectivity index (χ2v) is 8.67. The third-order valence-corrected chi connectivity index (χ3v) is 6.29. The molecule has 0 aliphatic carbocycles. The van der Waals surface area contributed by atoms with E-state index in [1.165, 1.54) is 25.9 Å². The molecule has 140 valence electrons. The van der Waals surface area contributed by atoms with Crippen LogP contribution in [0.1, 0.15) is 57.3 Å². The minimum Gasteiger partial charge on any atom is -0.341 e. The lowest BCUT2D eigenvalue weighted by atomic mass is 9.97. The standard InChI is InChI=1S/C19H32N4OS/c1-16(2)23-11-7-20-19(23)17-6-5-10-22(14-17)18(24)15-25-13-12-21-8-3-4-9-21/h7,11,16-17H,3-6,8-10,12-15H2,1-2H3. The fourth-order valence-corrected chi connectivity index (χ4v) is 4.83. The quantitative estimate of drug-likeness (QED) is 0.698. The molecule has 2 saturated heterocycles. The van der Waals surface area contributed by atoms with Crippen molar-refractivity contribution < 1.29 is 4.79 Å². The number of nitrogens with zero attached hydrogens (tertiary/aromatic N) is 4. The first-order valence-corrected chi connectivity index (χ1v) is 10.9. The second-order valence-electron chi connectivity index (χ2n) is 7.57. The number of likely N-dealkylation sites (tertiary alicyclic amines) is 2. The van der Waals surface area contributed by atoms with Gasteiger partial charge in [-0.25, -0.2) is 4.98 Å². The second kappa shape index (κ2) is 9.08. The summed E-state index contributed by atoms with van der Waals surface area (Å²) in [5, 5.41) is 0. The Morgan fingerprint density at radius 1 is 1.28 bits per heavy atom. The summed E-state index contributed by atoms with van der Waals surface area (Å²) >= 11 is 1.79. The Morgan fingerprint density at radius 3 is 2.84 bits per heavy atom. The molecular formula is C19H32N4OS. The van der Waals surface area contributed by atoms with Crippen LogP contribution in [0.25, 0.3) is 0 Å². The summed E-state index contributed by atoms with van der Waals surface area (Å²) < 4.78 is 2.25. The molecule has 5 nitrogen and oxygen atoms in total. The van der Waals surface area contributed by atoms with E-state index in [1.807, 2.05) is 6.20 Å². The van der Waals surface area contributed by atoms with Crippen molar-refractivity contribution in [3.63, 3.8) is 0 Å². The van der Waals surface area contributed by atoms with Gasteiger partial charge in [-0.05, 0) is 52.6 Å². The van der Waals surface area contributed by atoms with Crippen LogP contribution in [0.15, 0.2) is 12.4 Å². The van der Waals surface area contributed by atoms with Crippen LogP contribution in [0.4, 0.5) is 0 Å². The zero-order chi connectivity index (χ0) is 17.6. The highest BCUT2D eigenvalue weighted by Crippen LogP contribution is 2.27. The van der Waals surface area contributed by atoms with Gasteiger partial charge in [-0.3, -0.25) is 4.79 Å². The number of thioether (sulfide) groups is 1. The molecule has 0 saturated carbocycles. The Kier molecular flexibility index (Phi) is 6.82. The first kappa shape index (κ1) is 18.8. The van der Waals surface area contributed by atoms with E-state index in [4.69, 9.17) is 0 Å². The number of hydrogen-bond donors (Lipinski definition) is 0. The average molecular weight is 365 g/mol. The monoisotopic (exact) mass is 364 g/mol. The Labute approximate surface area is 156 Å². The van der Waals surface area contributed by atoms with Gasteiger partial charge in [-0.1, -0.05) is 0 Å². The summed E-state index contributed by atoms with van der Waals surface area (Å²) in [6.07, 6.45) is 8.85. The van der Waals surface area contributed by atoms with Gasteiger partial charge in [0.25, 0.3) is 0 Å². The molecule has 1 atom stereocenters. The van der Waals surface area contributed by atoms with Gasteiger partial charge in [0.05, 0.1) is 5.75 Å². The normalized spacial score (nSPS) is 22.0. The first-order chi connectivity index (χ1) is 12.1. The van der Waals surface area contributed by atoms with E-state index in [1.54, 1.807) is 11.8 Å². The number of hydrogen-bond acceptors (Lipinski definition) is 4. The highest BCUT2D eigenvalue weighted by molar-refractivity contribution is 7.99. The predicted octanol–water partition coefficient (Wildman–Crippen LogP) is 3.00. The van der Waals surface area contributed by atoms with Crippen molar-refractivity contribution in [2.75, 3.05) is 44.2 Å². The lowest BCUT2D eigenvalue weighted by Gasteiger charge is -2.33. The van der Waals surface area contributed by atoms with Crippen LogP contribution >= 0.6 is 11.8 Å².